The van der Waals surface area contributed by atoms with Gasteiger partial charge in [-0.05, 0) is 43.7 Å². The molecule has 1 amide bonds. The van der Waals surface area contributed by atoms with Crippen molar-refractivity contribution in [3.05, 3.63) is 41.5 Å². The number of nitrogens with zero attached hydrogens (tertiary/aromatic N) is 3. The standard InChI is InChI=1S/C20H21F3N4O3S/c1-3-8-27(12(2)10-28)19(29)16-9-15-17(24-11-25-18(15)31-16)26-13-4-6-14(7-5-13)30-20(21,22)23/h4-7,9,11-12,28H,3,8,10H2,1-2H3,(H,24,25,26)/t12-/m0/s1. The van der Waals surface area contributed by atoms with Crippen LogP contribution < -0.4 is 10.1 Å². The number of nitrogens with one attached hydrogen (secondary N) is 1. The molecule has 3 rings (SSSR count). The fraction of sp³-hybridized carbons (Fsp3) is 0.350. The second kappa shape index (κ2) is 9.48. The minimum atomic E-state index is -4.76. The van der Waals surface area contributed by atoms with Crippen molar-refractivity contribution in [3.63, 3.8) is 0 Å². The summed E-state index contributed by atoms with van der Waals surface area (Å²) in [7, 11) is 0. The van der Waals surface area contributed by atoms with Gasteiger partial charge >= 0.3 is 6.36 Å². The number of aliphatic hydroxyl groups is 1. The average Bonchev–Trinajstić information content (AvgIpc) is 3.17. The van der Waals surface area contributed by atoms with Gasteiger partial charge in [-0.1, -0.05) is 6.92 Å². The van der Waals surface area contributed by atoms with E-state index >= 15 is 0 Å². The predicted octanol–water partition coefficient (Wildman–Crippen LogP) is 4.57. The maximum atomic E-state index is 13.0. The van der Waals surface area contributed by atoms with E-state index in [1.54, 1.807) is 17.9 Å². The SMILES string of the molecule is CCCN(C(=O)c1cc2c(Nc3ccc(OC(F)(F)F)cc3)ncnc2s1)[C@@H](C)CO. The zero-order valence-corrected chi connectivity index (χ0v) is 17.6. The van der Waals surface area contributed by atoms with Gasteiger partial charge in [0.15, 0.2) is 0 Å². The Balaban J connectivity index is 1.85. The molecule has 0 aliphatic carbocycles. The normalized spacial score (nSPS) is 12.6. The number of halogens is 3. The van der Waals surface area contributed by atoms with Crippen LogP contribution in [0.15, 0.2) is 36.7 Å². The Bertz CT molecular complexity index is 1040. The molecule has 0 aliphatic rings. The van der Waals surface area contributed by atoms with Gasteiger partial charge in [0, 0.05) is 12.2 Å². The average molecular weight is 454 g/mol. The van der Waals surface area contributed by atoms with Gasteiger partial charge in [-0.25, -0.2) is 9.97 Å². The fourth-order valence-electron chi connectivity index (χ4n) is 2.94. The van der Waals surface area contributed by atoms with E-state index in [4.69, 9.17) is 0 Å². The zero-order valence-electron chi connectivity index (χ0n) is 16.8. The minimum Gasteiger partial charge on any atom is -0.406 e. The van der Waals surface area contributed by atoms with Crippen LogP contribution in [-0.4, -0.2) is 51.4 Å². The summed E-state index contributed by atoms with van der Waals surface area (Å²) in [5.74, 6) is -0.114. The lowest BCUT2D eigenvalue weighted by atomic mass is 10.2. The molecule has 0 bridgehead atoms. The number of aliphatic hydroxyl groups excluding tert-OH is 1. The van der Waals surface area contributed by atoms with Gasteiger partial charge in [-0.2, -0.15) is 0 Å². The van der Waals surface area contributed by atoms with E-state index in [1.807, 2.05) is 6.92 Å². The number of rotatable bonds is 8. The van der Waals surface area contributed by atoms with E-state index in [0.717, 1.165) is 6.42 Å². The van der Waals surface area contributed by atoms with Crippen LogP contribution in [0.3, 0.4) is 0 Å². The number of carbonyl (C=O) groups excluding carboxylic acids is 1. The Morgan fingerprint density at radius 1 is 1.29 bits per heavy atom. The number of thiophene rings is 1. The number of aromatic nitrogens is 2. The second-order valence-electron chi connectivity index (χ2n) is 6.78. The maximum Gasteiger partial charge on any atom is 0.573 e. The maximum absolute atomic E-state index is 13.0. The third-order valence-electron chi connectivity index (χ3n) is 4.41. The zero-order chi connectivity index (χ0) is 22.6. The van der Waals surface area contributed by atoms with Crippen LogP contribution in [0.2, 0.25) is 0 Å². The lowest BCUT2D eigenvalue weighted by molar-refractivity contribution is -0.274. The predicted molar refractivity (Wildman–Crippen MR) is 112 cm³/mol. The van der Waals surface area contributed by atoms with Crippen molar-refractivity contribution < 1.29 is 27.8 Å². The molecule has 3 aromatic rings. The van der Waals surface area contributed by atoms with E-state index in [9.17, 15) is 23.1 Å². The molecule has 0 unspecified atom stereocenters. The van der Waals surface area contributed by atoms with Crippen LogP contribution in [0, 0.1) is 0 Å². The molecule has 0 fully saturated rings. The van der Waals surface area contributed by atoms with Gasteiger partial charge < -0.3 is 20.1 Å². The van der Waals surface area contributed by atoms with E-state index in [-0.39, 0.29) is 24.3 Å². The van der Waals surface area contributed by atoms with Crippen LogP contribution >= 0.6 is 11.3 Å². The molecule has 2 heterocycles. The molecule has 0 spiro atoms. The molecule has 166 valence electrons. The smallest absolute Gasteiger partial charge is 0.406 e. The van der Waals surface area contributed by atoms with E-state index in [1.165, 1.54) is 41.9 Å². The molecule has 0 radical (unpaired) electrons. The van der Waals surface area contributed by atoms with Gasteiger partial charge in [-0.15, -0.1) is 24.5 Å². The topological polar surface area (TPSA) is 87.6 Å². The number of alkyl halides is 3. The van der Waals surface area contributed by atoms with Gasteiger partial charge in [-0.3, -0.25) is 4.79 Å². The quantitative estimate of drug-likeness (QED) is 0.519. The first-order chi connectivity index (χ1) is 14.7. The Morgan fingerprint density at radius 3 is 2.61 bits per heavy atom. The highest BCUT2D eigenvalue weighted by Crippen LogP contribution is 2.32. The van der Waals surface area contributed by atoms with Crippen molar-refractivity contribution in [1.29, 1.82) is 0 Å². The number of benzene rings is 1. The van der Waals surface area contributed by atoms with Crippen molar-refractivity contribution in [2.24, 2.45) is 0 Å². The first kappa shape index (κ1) is 22.8. The third kappa shape index (κ3) is 5.61. The van der Waals surface area contributed by atoms with Crippen molar-refractivity contribution in [2.75, 3.05) is 18.5 Å². The molecule has 2 N–H and O–H groups in total. The molecule has 0 saturated heterocycles. The summed E-state index contributed by atoms with van der Waals surface area (Å²) in [4.78, 5) is 24.1. The summed E-state index contributed by atoms with van der Waals surface area (Å²) in [6.07, 6.45) is -2.66. The van der Waals surface area contributed by atoms with Gasteiger partial charge in [0.05, 0.1) is 22.9 Å². The van der Waals surface area contributed by atoms with Crippen LogP contribution in [0.4, 0.5) is 24.7 Å². The lowest BCUT2D eigenvalue weighted by Gasteiger charge is -2.27. The summed E-state index contributed by atoms with van der Waals surface area (Å²) in [5.41, 5.74) is 0.495. The molecule has 7 nitrogen and oxygen atoms in total. The summed E-state index contributed by atoms with van der Waals surface area (Å²) in [6, 6.07) is 6.60. The number of hydrogen-bond acceptors (Lipinski definition) is 7. The second-order valence-corrected chi connectivity index (χ2v) is 7.81. The van der Waals surface area contributed by atoms with Gasteiger partial charge in [0.1, 0.15) is 22.7 Å². The first-order valence-electron chi connectivity index (χ1n) is 9.51. The Kier molecular flexibility index (Phi) is 6.96. The van der Waals surface area contributed by atoms with E-state index < -0.39 is 6.36 Å². The lowest BCUT2D eigenvalue weighted by Crippen LogP contribution is -2.40. The van der Waals surface area contributed by atoms with Gasteiger partial charge in [0.25, 0.3) is 5.91 Å². The summed E-state index contributed by atoms with van der Waals surface area (Å²) >= 11 is 1.21. The van der Waals surface area contributed by atoms with E-state index in [2.05, 4.69) is 20.0 Å². The highest BCUT2D eigenvalue weighted by molar-refractivity contribution is 7.20. The number of carbonyl (C=O) groups is 1. The van der Waals surface area contributed by atoms with Crippen molar-refractivity contribution in [2.45, 2.75) is 32.7 Å². The first-order valence-corrected chi connectivity index (χ1v) is 10.3. The number of anilines is 2. The minimum absolute atomic E-state index is 0.142. The number of amides is 1. The Morgan fingerprint density at radius 2 is 2.00 bits per heavy atom. The molecule has 1 atom stereocenters. The summed E-state index contributed by atoms with van der Waals surface area (Å²) < 4.78 is 40.8. The highest BCUT2D eigenvalue weighted by atomic mass is 32.1. The van der Waals surface area contributed by atoms with Crippen molar-refractivity contribution in [3.8, 4) is 5.75 Å². The number of hydrogen-bond donors (Lipinski definition) is 2. The van der Waals surface area contributed by atoms with Crippen molar-refractivity contribution in [1.82, 2.24) is 14.9 Å². The molecular formula is C20H21F3N4O3S. The number of ether oxygens (including phenoxy) is 1. The van der Waals surface area contributed by atoms with Crippen LogP contribution in [0.5, 0.6) is 5.75 Å². The molecule has 11 heteroatoms. The van der Waals surface area contributed by atoms with Gasteiger partial charge in [0.2, 0.25) is 0 Å². The highest BCUT2D eigenvalue weighted by Gasteiger charge is 2.31. The number of fused-ring (bicyclic) bond motifs is 1. The molecule has 0 saturated carbocycles. The molecule has 31 heavy (non-hydrogen) atoms. The van der Waals surface area contributed by atoms with Crippen LogP contribution in [0.25, 0.3) is 10.2 Å². The fourth-order valence-corrected chi connectivity index (χ4v) is 3.90. The van der Waals surface area contributed by atoms with Crippen LogP contribution in [0.1, 0.15) is 29.9 Å². The summed E-state index contributed by atoms with van der Waals surface area (Å²) in [6.45, 7) is 4.10. The third-order valence-corrected chi connectivity index (χ3v) is 5.44. The Hall–Kier alpha value is -2.92. The molecular weight excluding hydrogens is 433 g/mol. The summed E-state index contributed by atoms with van der Waals surface area (Å²) in [5, 5.41) is 13.1. The largest absolute Gasteiger partial charge is 0.573 e. The Labute approximate surface area is 180 Å². The van der Waals surface area contributed by atoms with E-state index in [0.29, 0.717) is 33.1 Å². The van der Waals surface area contributed by atoms with Crippen LogP contribution in [-0.2, 0) is 0 Å². The molecule has 0 aliphatic heterocycles. The molecule has 2 aromatic heterocycles. The monoisotopic (exact) mass is 454 g/mol. The molecule has 1 aromatic carbocycles. The van der Waals surface area contributed by atoms with Crippen molar-refractivity contribution >= 4 is 39.0 Å².